The SMILES string of the molecule is Cl.Cl.NCC(Cc1cc(Cl)c(OCc2cccc(-c3ccccc3)c2Cl)cc1OCc1ccc2nonc2c1)N1CCCCC1. The monoisotopic (exact) mass is 688 g/mol. The molecule has 2 heterocycles. The fourth-order valence-electron chi connectivity index (χ4n) is 5.65. The van der Waals surface area contributed by atoms with E-state index in [1.807, 2.05) is 78.9 Å². The van der Waals surface area contributed by atoms with Crippen LogP contribution < -0.4 is 15.2 Å². The first-order chi connectivity index (χ1) is 21.1. The minimum Gasteiger partial charge on any atom is -0.488 e. The van der Waals surface area contributed by atoms with Crippen molar-refractivity contribution in [2.45, 2.75) is 44.9 Å². The summed E-state index contributed by atoms with van der Waals surface area (Å²) in [5.74, 6) is 1.23. The zero-order valence-corrected chi connectivity index (χ0v) is 27.8. The van der Waals surface area contributed by atoms with Crippen molar-refractivity contribution >= 4 is 59.0 Å². The first-order valence-corrected chi connectivity index (χ1v) is 15.4. The maximum atomic E-state index is 6.83. The van der Waals surface area contributed by atoms with E-state index in [9.17, 15) is 0 Å². The molecule has 238 valence electrons. The quantitative estimate of drug-likeness (QED) is 0.149. The van der Waals surface area contributed by atoms with Gasteiger partial charge < -0.3 is 15.2 Å². The fourth-order valence-corrected chi connectivity index (χ4v) is 6.18. The lowest BCUT2D eigenvalue weighted by Crippen LogP contribution is -2.44. The molecule has 1 unspecified atom stereocenters. The van der Waals surface area contributed by atoms with Crippen molar-refractivity contribution in [1.29, 1.82) is 0 Å². The van der Waals surface area contributed by atoms with Gasteiger partial charge in [-0.25, -0.2) is 4.63 Å². The predicted octanol–water partition coefficient (Wildman–Crippen LogP) is 8.55. The first kappa shape index (κ1) is 34.8. The van der Waals surface area contributed by atoms with Crippen molar-refractivity contribution in [2.75, 3.05) is 19.6 Å². The molecule has 1 atom stereocenters. The maximum absolute atomic E-state index is 6.83. The van der Waals surface area contributed by atoms with E-state index in [2.05, 4.69) is 15.2 Å². The van der Waals surface area contributed by atoms with E-state index in [0.29, 0.717) is 45.7 Å². The van der Waals surface area contributed by atoms with Crippen molar-refractivity contribution in [3.05, 3.63) is 106 Å². The molecule has 1 fully saturated rings. The van der Waals surface area contributed by atoms with Crippen LogP contribution in [0.1, 0.15) is 36.0 Å². The van der Waals surface area contributed by atoms with Gasteiger partial charge in [0.1, 0.15) is 35.7 Å². The fraction of sp³-hybridized carbons (Fsp3) is 0.294. The summed E-state index contributed by atoms with van der Waals surface area (Å²) in [5.41, 5.74) is 12.5. The van der Waals surface area contributed by atoms with Gasteiger partial charge in [-0.05, 0) is 77.6 Å². The number of nitrogens with zero attached hydrogens (tertiary/aromatic N) is 3. The summed E-state index contributed by atoms with van der Waals surface area (Å²) in [7, 11) is 0. The van der Waals surface area contributed by atoms with Crippen LogP contribution in [0.25, 0.3) is 22.2 Å². The van der Waals surface area contributed by atoms with E-state index in [-0.39, 0.29) is 37.5 Å². The molecule has 5 aromatic rings. The number of benzene rings is 4. The van der Waals surface area contributed by atoms with Gasteiger partial charge in [-0.1, -0.05) is 84.2 Å². The Morgan fingerprint density at radius 1 is 0.778 bits per heavy atom. The van der Waals surface area contributed by atoms with Gasteiger partial charge in [0, 0.05) is 29.8 Å². The molecule has 7 nitrogen and oxygen atoms in total. The molecule has 4 aromatic carbocycles. The second kappa shape index (κ2) is 16.5. The lowest BCUT2D eigenvalue weighted by Gasteiger charge is -2.34. The Bertz CT molecular complexity index is 1680. The van der Waals surface area contributed by atoms with E-state index in [4.69, 9.17) is 43.0 Å². The molecule has 45 heavy (non-hydrogen) atoms. The van der Waals surface area contributed by atoms with Gasteiger partial charge in [0.05, 0.1) is 10.0 Å². The largest absolute Gasteiger partial charge is 0.488 e. The minimum absolute atomic E-state index is 0. The summed E-state index contributed by atoms with van der Waals surface area (Å²) in [4.78, 5) is 2.48. The maximum Gasteiger partial charge on any atom is 0.142 e. The molecule has 1 aliphatic heterocycles. The highest BCUT2D eigenvalue weighted by atomic mass is 35.5. The topological polar surface area (TPSA) is 86.6 Å². The molecule has 1 aliphatic rings. The molecular weight excluding hydrogens is 654 g/mol. The highest BCUT2D eigenvalue weighted by Crippen LogP contribution is 2.37. The molecular formula is C34H36Cl4N4O3. The molecule has 2 N–H and O–H groups in total. The third-order valence-electron chi connectivity index (χ3n) is 8.01. The van der Waals surface area contributed by atoms with E-state index in [0.717, 1.165) is 47.3 Å². The lowest BCUT2D eigenvalue weighted by atomic mass is 10.0. The number of aromatic nitrogens is 2. The Kier molecular flexibility index (Phi) is 12.8. The average molecular weight is 690 g/mol. The smallest absolute Gasteiger partial charge is 0.142 e. The highest BCUT2D eigenvalue weighted by molar-refractivity contribution is 6.34. The van der Waals surface area contributed by atoms with Crippen LogP contribution in [0.2, 0.25) is 10.0 Å². The summed E-state index contributed by atoms with van der Waals surface area (Å²) in [6.07, 6.45) is 4.38. The Morgan fingerprint density at radius 3 is 2.31 bits per heavy atom. The Morgan fingerprint density at radius 2 is 1.53 bits per heavy atom. The molecule has 6 rings (SSSR count). The predicted molar refractivity (Wildman–Crippen MR) is 185 cm³/mol. The number of nitrogens with two attached hydrogens (primary N) is 1. The van der Waals surface area contributed by atoms with Gasteiger partial charge in [-0.3, -0.25) is 4.90 Å². The Hall–Kier alpha value is -3.04. The van der Waals surface area contributed by atoms with Gasteiger partial charge in [0.2, 0.25) is 0 Å². The van der Waals surface area contributed by atoms with Crippen molar-refractivity contribution in [3.8, 4) is 22.6 Å². The van der Waals surface area contributed by atoms with E-state index >= 15 is 0 Å². The van der Waals surface area contributed by atoms with Crippen LogP contribution in [0.3, 0.4) is 0 Å². The van der Waals surface area contributed by atoms with Crippen LogP contribution in [-0.2, 0) is 19.6 Å². The standard InChI is InChI=1S/C34H34Cl2N4O3.2ClH/c35-29-18-26(17-27(20-37)40-14-5-2-6-15-40)32(41-21-23-12-13-30-31(16-23)39-43-38-30)19-33(29)42-22-25-10-7-11-28(34(25)36)24-8-3-1-4-9-24;;/h1,3-4,7-13,16,18-19,27H,2,5-6,14-15,17,20-22,37H2;2*1H. The minimum atomic E-state index is 0. The Labute approximate surface area is 285 Å². The first-order valence-electron chi connectivity index (χ1n) is 14.6. The van der Waals surface area contributed by atoms with Gasteiger partial charge >= 0.3 is 0 Å². The molecule has 1 saturated heterocycles. The summed E-state index contributed by atoms with van der Waals surface area (Å²) < 4.78 is 17.6. The molecule has 11 heteroatoms. The van der Waals surface area contributed by atoms with Crippen LogP contribution in [-0.4, -0.2) is 40.9 Å². The van der Waals surface area contributed by atoms with Crippen LogP contribution >= 0.6 is 48.0 Å². The van der Waals surface area contributed by atoms with Crippen LogP contribution in [0, 0.1) is 0 Å². The van der Waals surface area contributed by atoms with Crippen LogP contribution in [0.4, 0.5) is 0 Å². The van der Waals surface area contributed by atoms with Gasteiger partial charge in [-0.2, -0.15) is 0 Å². The summed E-state index contributed by atoms with van der Waals surface area (Å²) >= 11 is 13.7. The second-order valence-electron chi connectivity index (χ2n) is 10.9. The van der Waals surface area contributed by atoms with Gasteiger partial charge in [-0.15, -0.1) is 24.8 Å². The van der Waals surface area contributed by atoms with Crippen LogP contribution in [0.15, 0.2) is 83.5 Å². The lowest BCUT2D eigenvalue weighted by molar-refractivity contribution is 0.164. The molecule has 0 spiro atoms. The molecule has 0 amide bonds. The van der Waals surface area contributed by atoms with Crippen LogP contribution in [0.5, 0.6) is 11.5 Å². The van der Waals surface area contributed by atoms with Crippen molar-refractivity contribution < 1.29 is 14.1 Å². The summed E-state index contributed by atoms with van der Waals surface area (Å²) in [5, 5.41) is 9.02. The molecule has 0 saturated carbocycles. The number of hydrogen-bond acceptors (Lipinski definition) is 7. The summed E-state index contributed by atoms with van der Waals surface area (Å²) in [6.45, 7) is 3.26. The summed E-state index contributed by atoms with van der Waals surface area (Å²) in [6, 6.07) is 25.8. The van der Waals surface area contributed by atoms with E-state index in [1.165, 1.54) is 19.3 Å². The normalized spacial score (nSPS) is 13.9. The number of ether oxygens (including phenoxy) is 2. The van der Waals surface area contributed by atoms with E-state index in [1.54, 1.807) is 0 Å². The molecule has 0 aliphatic carbocycles. The number of halogens is 4. The van der Waals surface area contributed by atoms with Crippen molar-refractivity contribution in [1.82, 2.24) is 15.2 Å². The second-order valence-corrected chi connectivity index (χ2v) is 11.7. The highest BCUT2D eigenvalue weighted by Gasteiger charge is 2.23. The molecule has 0 radical (unpaired) electrons. The van der Waals surface area contributed by atoms with Gasteiger partial charge in [0.15, 0.2) is 0 Å². The van der Waals surface area contributed by atoms with Gasteiger partial charge in [0.25, 0.3) is 0 Å². The average Bonchev–Trinajstić information content (AvgIpc) is 3.52. The van der Waals surface area contributed by atoms with Crippen molar-refractivity contribution in [2.24, 2.45) is 5.73 Å². The number of likely N-dealkylation sites (tertiary alicyclic amines) is 1. The van der Waals surface area contributed by atoms with E-state index < -0.39 is 0 Å². The third kappa shape index (κ3) is 8.41. The zero-order valence-electron chi connectivity index (χ0n) is 24.7. The van der Waals surface area contributed by atoms with Crippen molar-refractivity contribution in [3.63, 3.8) is 0 Å². The molecule has 0 bridgehead atoms. The third-order valence-corrected chi connectivity index (χ3v) is 8.75. The number of piperidine rings is 1. The zero-order chi connectivity index (χ0) is 29.6. The Balaban J connectivity index is 0.00000230. The number of hydrogen-bond donors (Lipinski definition) is 1. The number of fused-ring (bicyclic) bond motifs is 1. The molecule has 1 aromatic heterocycles. The number of rotatable bonds is 11.